The first kappa shape index (κ1) is 19.3. The molecular formula is C26H20N4O3. The van der Waals surface area contributed by atoms with Crippen LogP contribution in [-0.4, -0.2) is 33.9 Å². The predicted molar refractivity (Wildman–Crippen MR) is 127 cm³/mol. The lowest BCUT2D eigenvalue weighted by Gasteiger charge is -2.19. The quantitative estimate of drug-likeness (QED) is 0.443. The molecule has 0 bridgehead atoms. The van der Waals surface area contributed by atoms with Gasteiger partial charge in [-0.15, -0.1) is 0 Å². The van der Waals surface area contributed by atoms with Gasteiger partial charge in [-0.3, -0.25) is 14.5 Å². The van der Waals surface area contributed by atoms with Crippen LogP contribution in [0.5, 0.6) is 11.5 Å². The fraction of sp³-hybridized carbons (Fsp3) is 0.115. The summed E-state index contributed by atoms with van der Waals surface area (Å²) in [6.45, 7) is 1.07. The van der Waals surface area contributed by atoms with Crippen LogP contribution in [0.1, 0.15) is 0 Å². The Hall–Kier alpha value is -4.39. The zero-order valence-corrected chi connectivity index (χ0v) is 17.7. The predicted octanol–water partition coefficient (Wildman–Crippen LogP) is 4.66. The summed E-state index contributed by atoms with van der Waals surface area (Å²) in [6.07, 6.45) is 1.81. The van der Waals surface area contributed by atoms with Gasteiger partial charge in [0.1, 0.15) is 25.5 Å². The van der Waals surface area contributed by atoms with Gasteiger partial charge in [0.25, 0.3) is 0 Å². The van der Waals surface area contributed by atoms with E-state index < -0.39 is 0 Å². The number of anilines is 1. The number of benzene rings is 3. The molecule has 1 aliphatic heterocycles. The van der Waals surface area contributed by atoms with E-state index in [2.05, 4.69) is 10.3 Å². The van der Waals surface area contributed by atoms with Gasteiger partial charge in [-0.1, -0.05) is 48.5 Å². The Balaban J connectivity index is 1.51. The highest BCUT2D eigenvalue weighted by Gasteiger charge is 2.20. The molecule has 3 heterocycles. The van der Waals surface area contributed by atoms with Gasteiger partial charge in [-0.2, -0.15) is 5.10 Å². The maximum Gasteiger partial charge on any atom is 0.246 e. The summed E-state index contributed by atoms with van der Waals surface area (Å²) in [6, 6.07) is 23.1. The topological polar surface area (TPSA) is 78.3 Å². The number of carbonyl (C=O) groups excluding carboxylic acids is 1. The minimum absolute atomic E-state index is 0.0613. The molecule has 0 unspecified atom stereocenters. The first-order chi connectivity index (χ1) is 16.3. The van der Waals surface area contributed by atoms with Gasteiger partial charge in [0, 0.05) is 34.3 Å². The molecule has 0 spiro atoms. The Morgan fingerprint density at radius 3 is 2.36 bits per heavy atom. The van der Waals surface area contributed by atoms with Crippen molar-refractivity contribution in [3.8, 4) is 22.8 Å². The molecule has 0 radical (unpaired) electrons. The van der Waals surface area contributed by atoms with Crippen molar-refractivity contribution < 1.29 is 14.3 Å². The lowest BCUT2D eigenvalue weighted by Crippen LogP contribution is -2.19. The Kier molecular flexibility index (Phi) is 4.65. The van der Waals surface area contributed by atoms with Crippen LogP contribution >= 0.6 is 0 Å². The van der Waals surface area contributed by atoms with E-state index in [4.69, 9.17) is 14.6 Å². The van der Waals surface area contributed by atoms with Crippen molar-refractivity contribution in [1.29, 1.82) is 0 Å². The smallest absolute Gasteiger partial charge is 0.246 e. The van der Waals surface area contributed by atoms with Gasteiger partial charge >= 0.3 is 0 Å². The van der Waals surface area contributed by atoms with Crippen LogP contribution in [0.2, 0.25) is 0 Å². The number of aromatic nitrogens is 3. The molecule has 33 heavy (non-hydrogen) atoms. The second-order valence-corrected chi connectivity index (χ2v) is 7.82. The lowest BCUT2D eigenvalue weighted by molar-refractivity contribution is -0.116. The molecule has 0 aliphatic carbocycles. The maximum absolute atomic E-state index is 12.9. The van der Waals surface area contributed by atoms with Gasteiger partial charge in [0.05, 0.1) is 11.0 Å². The Morgan fingerprint density at radius 2 is 1.61 bits per heavy atom. The molecule has 5 aromatic rings. The number of amides is 1. The largest absolute Gasteiger partial charge is 0.486 e. The number of fused-ring (bicyclic) bond motifs is 4. The maximum atomic E-state index is 12.9. The molecule has 7 heteroatoms. The molecule has 3 aromatic carbocycles. The van der Waals surface area contributed by atoms with E-state index in [0.29, 0.717) is 24.7 Å². The molecule has 1 N–H and O–H groups in total. The van der Waals surface area contributed by atoms with Crippen LogP contribution in [0.4, 0.5) is 5.69 Å². The fourth-order valence-corrected chi connectivity index (χ4v) is 4.17. The number of pyridine rings is 1. The number of nitrogens with zero attached hydrogens (tertiary/aromatic N) is 3. The van der Waals surface area contributed by atoms with Crippen molar-refractivity contribution >= 4 is 33.4 Å². The summed E-state index contributed by atoms with van der Waals surface area (Å²) >= 11 is 0. The van der Waals surface area contributed by atoms with Crippen molar-refractivity contribution in [3.05, 3.63) is 79.0 Å². The summed E-state index contributed by atoms with van der Waals surface area (Å²) < 4.78 is 13.3. The molecule has 1 amide bonds. The second kappa shape index (κ2) is 7.94. The summed E-state index contributed by atoms with van der Waals surface area (Å²) in [7, 11) is 0. The highest BCUT2D eigenvalue weighted by atomic mass is 16.6. The molecule has 0 saturated heterocycles. The van der Waals surface area contributed by atoms with Crippen LogP contribution in [0, 0.1) is 0 Å². The number of hydrogen-bond donors (Lipinski definition) is 1. The molecular weight excluding hydrogens is 416 g/mol. The highest BCUT2D eigenvalue weighted by Crippen LogP contribution is 2.38. The lowest BCUT2D eigenvalue weighted by atomic mass is 10.1. The van der Waals surface area contributed by atoms with E-state index in [9.17, 15) is 4.79 Å². The molecule has 0 saturated carbocycles. The van der Waals surface area contributed by atoms with Gasteiger partial charge in [0.2, 0.25) is 5.91 Å². The zero-order chi connectivity index (χ0) is 22.2. The Morgan fingerprint density at radius 1 is 0.909 bits per heavy atom. The number of para-hydroxylation sites is 1. The van der Waals surface area contributed by atoms with Crippen molar-refractivity contribution in [2.45, 2.75) is 6.54 Å². The standard InChI is InChI=1S/C26H20N4O3/c31-24(28-18-9-5-2-6-10-18)16-30-26-19-13-22-23(33-12-11-32-22)14-21(19)27-15-20(26)25(29-30)17-7-3-1-4-8-17/h1-10,13-15H,11-12,16H2,(H,28,31). The minimum atomic E-state index is -0.160. The third kappa shape index (κ3) is 3.53. The summed E-state index contributed by atoms with van der Waals surface area (Å²) in [5, 5.41) is 9.52. The first-order valence-electron chi connectivity index (χ1n) is 10.8. The Labute approximate surface area is 189 Å². The van der Waals surface area contributed by atoms with E-state index in [1.165, 1.54) is 0 Å². The summed E-state index contributed by atoms with van der Waals surface area (Å²) in [5.41, 5.74) is 4.08. The monoisotopic (exact) mass is 436 g/mol. The second-order valence-electron chi connectivity index (χ2n) is 7.82. The van der Waals surface area contributed by atoms with Gasteiger partial charge < -0.3 is 14.8 Å². The molecule has 1 aliphatic rings. The molecule has 0 fully saturated rings. The molecule has 6 rings (SSSR count). The van der Waals surface area contributed by atoms with E-state index in [1.54, 1.807) is 4.68 Å². The normalized spacial score (nSPS) is 12.7. The van der Waals surface area contributed by atoms with Crippen molar-refractivity contribution in [2.24, 2.45) is 0 Å². The van der Waals surface area contributed by atoms with Crippen LogP contribution < -0.4 is 14.8 Å². The van der Waals surface area contributed by atoms with E-state index in [-0.39, 0.29) is 12.5 Å². The number of ether oxygens (including phenoxy) is 2. The minimum Gasteiger partial charge on any atom is -0.486 e. The number of rotatable bonds is 4. The van der Waals surface area contributed by atoms with Crippen LogP contribution in [0.3, 0.4) is 0 Å². The molecule has 7 nitrogen and oxygen atoms in total. The van der Waals surface area contributed by atoms with Crippen molar-refractivity contribution in [2.75, 3.05) is 18.5 Å². The van der Waals surface area contributed by atoms with Crippen molar-refractivity contribution in [1.82, 2.24) is 14.8 Å². The van der Waals surface area contributed by atoms with Crippen molar-refractivity contribution in [3.63, 3.8) is 0 Å². The third-order valence-electron chi connectivity index (χ3n) is 5.64. The average Bonchev–Trinajstić information content (AvgIpc) is 3.22. The Bertz CT molecular complexity index is 1480. The third-order valence-corrected chi connectivity index (χ3v) is 5.64. The highest BCUT2D eigenvalue weighted by molar-refractivity contribution is 6.09. The number of nitrogens with one attached hydrogen (secondary N) is 1. The molecule has 0 atom stereocenters. The van der Waals surface area contributed by atoms with Crippen LogP contribution in [0.15, 0.2) is 79.0 Å². The molecule has 162 valence electrons. The average molecular weight is 436 g/mol. The number of carbonyl (C=O) groups is 1. The van der Waals surface area contributed by atoms with Gasteiger partial charge in [-0.05, 0) is 18.2 Å². The van der Waals surface area contributed by atoms with E-state index >= 15 is 0 Å². The van der Waals surface area contributed by atoms with Gasteiger partial charge in [-0.25, -0.2) is 0 Å². The van der Waals surface area contributed by atoms with E-state index in [0.717, 1.165) is 38.8 Å². The molecule has 2 aromatic heterocycles. The van der Waals surface area contributed by atoms with Gasteiger partial charge in [0.15, 0.2) is 11.5 Å². The SMILES string of the molecule is O=C(Cn1nc(-c2ccccc2)c2cnc3cc4c(cc3c21)OCCO4)Nc1ccccc1. The van der Waals surface area contributed by atoms with Crippen LogP contribution in [0.25, 0.3) is 33.1 Å². The van der Waals surface area contributed by atoms with Crippen LogP contribution in [-0.2, 0) is 11.3 Å². The number of hydrogen-bond acceptors (Lipinski definition) is 5. The zero-order valence-electron chi connectivity index (χ0n) is 17.7. The summed E-state index contributed by atoms with van der Waals surface area (Å²) in [5.74, 6) is 1.19. The first-order valence-corrected chi connectivity index (χ1v) is 10.8. The summed E-state index contributed by atoms with van der Waals surface area (Å²) in [4.78, 5) is 17.6. The fourth-order valence-electron chi connectivity index (χ4n) is 4.17. The van der Waals surface area contributed by atoms with E-state index in [1.807, 2.05) is 79.0 Å².